The Labute approximate surface area is 146 Å². The van der Waals surface area contributed by atoms with Gasteiger partial charge in [-0.25, -0.2) is 9.97 Å². The lowest BCUT2D eigenvalue weighted by atomic mass is 10.2. The van der Waals surface area contributed by atoms with Gasteiger partial charge in [0.2, 0.25) is 5.95 Å². The van der Waals surface area contributed by atoms with Crippen molar-refractivity contribution in [1.29, 1.82) is 0 Å². The van der Waals surface area contributed by atoms with Gasteiger partial charge in [0.15, 0.2) is 0 Å². The van der Waals surface area contributed by atoms with Crippen LogP contribution in [0.4, 0.5) is 17.3 Å². The van der Waals surface area contributed by atoms with Crippen LogP contribution < -0.4 is 10.2 Å². The van der Waals surface area contributed by atoms with Crippen LogP contribution in [0.1, 0.15) is 21.6 Å². The molecule has 2 heterocycles. The van der Waals surface area contributed by atoms with Crippen molar-refractivity contribution in [3.8, 4) is 0 Å². The summed E-state index contributed by atoms with van der Waals surface area (Å²) in [5.41, 5.74) is 4.55. The second-order valence-corrected chi connectivity index (χ2v) is 6.04. The molecular weight excluding hydrogens is 312 g/mol. The third-order valence-corrected chi connectivity index (χ3v) is 4.40. The van der Waals surface area contributed by atoms with Gasteiger partial charge in [-0.05, 0) is 42.7 Å². The topological polar surface area (TPSA) is 58.1 Å². The molecule has 4 rings (SSSR count). The van der Waals surface area contributed by atoms with E-state index in [1.54, 1.807) is 12.3 Å². The fourth-order valence-corrected chi connectivity index (χ4v) is 3.05. The SMILES string of the molecule is Cc1ccccc1NC(=O)c1ccnc(N2CCc3ccccc32)n1. The van der Waals surface area contributed by atoms with Gasteiger partial charge < -0.3 is 10.2 Å². The van der Waals surface area contributed by atoms with Gasteiger partial charge in [-0.3, -0.25) is 4.79 Å². The van der Waals surface area contributed by atoms with E-state index in [2.05, 4.69) is 32.3 Å². The molecule has 3 aromatic rings. The van der Waals surface area contributed by atoms with Crippen LogP contribution in [0.25, 0.3) is 0 Å². The molecule has 2 aromatic carbocycles. The van der Waals surface area contributed by atoms with Crippen LogP contribution >= 0.6 is 0 Å². The molecule has 1 N–H and O–H groups in total. The Morgan fingerprint density at radius 2 is 1.88 bits per heavy atom. The molecule has 0 aliphatic carbocycles. The van der Waals surface area contributed by atoms with Crippen molar-refractivity contribution < 1.29 is 4.79 Å². The van der Waals surface area contributed by atoms with Crippen molar-refractivity contribution >= 4 is 23.2 Å². The van der Waals surface area contributed by atoms with Crippen LogP contribution in [0.5, 0.6) is 0 Å². The van der Waals surface area contributed by atoms with Crippen molar-refractivity contribution in [2.24, 2.45) is 0 Å². The average Bonchev–Trinajstić information content (AvgIpc) is 3.08. The molecule has 1 aliphatic rings. The monoisotopic (exact) mass is 330 g/mol. The Morgan fingerprint density at radius 3 is 2.76 bits per heavy atom. The Bertz CT molecular complexity index is 938. The van der Waals surface area contributed by atoms with E-state index in [1.807, 2.05) is 43.3 Å². The van der Waals surface area contributed by atoms with E-state index in [0.29, 0.717) is 11.6 Å². The summed E-state index contributed by atoms with van der Waals surface area (Å²) < 4.78 is 0. The lowest BCUT2D eigenvalue weighted by Gasteiger charge is -2.17. The maximum Gasteiger partial charge on any atom is 0.274 e. The van der Waals surface area contributed by atoms with Crippen molar-refractivity contribution in [1.82, 2.24) is 9.97 Å². The highest BCUT2D eigenvalue weighted by Crippen LogP contribution is 2.32. The Kier molecular flexibility index (Phi) is 3.90. The standard InChI is InChI=1S/C20H18N4O/c1-14-6-2-4-8-16(14)22-19(25)17-10-12-21-20(23-17)24-13-11-15-7-3-5-9-18(15)24/h2-10,12H,11,13H2,1H3,(H,22,25). The number of hydrogen-bond acceptors (Lipinski definition) is 4. The number of rotatable bonds is 3. The van der Waals surface area contributed by atoms with Crippen LogP contribution in [0, 0.1) is 6.92 Å². The van der Waals surface area contributed by atoms with Gasteiger partial charge in [0.05, 0.1) is 0 Å². The third-order valence-electron chi connectivity index (χ3n) is 4.40. The number of carbonyl (C=O) groups is 1. The Hall–Kier alpha value is -3.21. The van der Waals surface area contributed by atoms with Crippen LogP contribution in [-0.2, 0) is 6.42 Å². The highest BCUT2D eigenvalue weighted by molar-refractivity contribution is 6.03. The third kappa shape index (κ3) is 2.96. The quantitative estimate of drug-likeness (QED) is 0.795. The number of benzene rings is 2. The molecular formula is C20H18N4O. The van der Waals surface area contributed by atoms with Gasteiger partial charge in [0.25, 0.3) is 5.91 Å². The lowest BCUT2D eigenvalue weighted by molar-refractivity contribution is 0.102. The van der Waals surface area contributed by atoms with Gasteiger partial charge in [0, 0.05) is 24.1 Å². The summed E-state index contributed by atoms with van der Waals surface area (Å²) in [6, 6.07) is 17.5. The van der Waals surface area contributed by atoms with Gasteiger partial charge in [-0.1, -0.05) is 36.4 Å². The van der Waals surface area contributed by atoms with E-state index in [-0.39, 0.29) is 5.91 Å². The first-order valence-corrected chi connectivity index (χ1v) is 8.28. The molecule has 0 spiro atoms. The van der Waals surface area contributed by atoms with Crippen molar-refractivity contribution in [2.45, 2.75) is 13.3 Å². The number of carbonyl (C=O) groups excluding carboxylic acids is 1. The largest absolute Gasteiger partial charge is 0.320 e. The Morgan fingerprint density at radius 1 is 1.08 bits per heavy atom. The highest BCUT2D eigenvalue weighted by Gasteiger charge is 2.22. The average molecular weight is 330 g/mol. The fraction of sp³-hybridized carbons (Fsp3) is 0.150. The van der Waals surface area contributed by atoms with E-state index in [1.165, 1.54) is 5.56 Å². The number of aromatic nitrogens is 2. The number of para-hydroxylation sites is 2. The van der Waals surface area contributed by atoms with Crippen molar-refractivity contribution in [3.05, 3.63) is 77.6 Å². The van der Waals surface area contributed by atoms with E-state index >= 15 is 0 Å². The van der Waals surface area contributed by atoms with Crippen LogP contribution in [0.3, 0.4) is 0 Å². The van der Waals surface area contributed by atoms with Crippen molar-refractivity contribution in [2.75, 3.05) is 16.8 Å². The number of nitrogens with one attached hydrogen (secondary N) is 1. The van der Waals surface area contributed by atoms with Gasteiger partial charge in [-0.2, -0.15) is 0 Å². The highest BCUT2D eigenvalue weighted by atomic mass is 16.1. The van der Waals surface area contributed by atoms with Crippen LogP contribution in [-0.4, -0.2) is 22.4 Å². The summed E-state index contributed by atoms with van der Waals surface area (Å²) in [4.78, 5) is 23.5. The van der Waals surface area contributed by atoms with Gasteiger partial charge in [-0.15, -0.1) is 0 Å². The first-order valence-electron chi connectivity index (χ1n) is 8.28. The summed E-state index contributed by atoms with van der Waals surface area (Å²) in [5, 5.41) is 2.92. The summed E-state index contributed by atoms with van der Waals surface area (Å²) in [5.74, 6) is 0.327. The smallest absolute Gasteiger partial charge is 0.274 e. The number of anilines is 3. The maximum atomic E-state index is 12.6. The number of fused-ring (bicyclic) bond motifs is 1. The summed E-state index contributed by atoms with van der Waals surface area (Å²) in [6.07, 6.45) is 2.59. The molecule has 25 heavy (non-hydrogen) atoms. The molecule has 1 aliphatic heterocycles. The molecule has 5 heteroatoms. The first kappa shape index (κ1) is 15.3. The molecule has 1 aromatic heterocycles. The summed E-state index contributed by atoms with van der Waals surface area (Å²) in [6.45, 7) is 2.78. The second-order valence-electron chi connectivity index (χ2n) is 6.04. The number of hydrogen-bond donors (Lipinski definition) is 1. The molecule has 0 unspecified atom stereocenters. The molecule has 0 saturated carbocycles. The van der Waals surface area contributed by atoms with Crippen LogP contribution in [0.2, 0.25) is 0 Å². The lowest BCUT2D eigenvalue weighted by Crippen LogP contribution is -2.20. The van der Waals surface area contributed by atoms with E-state index < -0.39 is 0 Å². The minimum atomic E-state index is -0.231. The zero-order chi connectivity index (χ0) is 17.2. The van der Waals surface area contributed by atoms with Crippen LogP contribution in [0.15, 0.2) is 60.8 Å². The van der Waals surface area contributed by atoms with Gasteiger partial charge in [0.1, 0.15) is 5.69 Å². The van der Waals surface area contributed by atoms with Gasteiger partial charge >= 0.3 is 0 Å². The van der Waals surface area contributed by atoms with E-state index in [4.69, 9.17) is 0 Å². The molecule has 0 fully saturated rings. The van der Waals surface area contributed by atoms with Crippen molar-refractivity contribution in [3.63, 3.8) is 0 Å². The molecule has 0 saturated heterocycles. The molecule has 0 atom stereocenters. The maximum absolute atomic E-state index is 12.6. The minimum absolute atomic E-state index is 0.231. The zero-order valence-corrected chi connectivity index (χ0v) is 13.9. The molecule has 0 bridgehead atoms. The van der Waals surface area contributed by atoms with E-state index in [0.717, 1.165) is 29.9 Å². The normalized spacial score (nSPS) is 12.8. The molecule has 5 nitrogen and oxygen atoms in total. The summed E-state index contributed by atoms with van der Waals surface area (Å²) >= 11 is 0. The fourth-order valence-electron chi connectivity index (χ4n) is 3.05. The Balaban J connectivity index is 1.60. The number of aryl methyl sites for hydroxylation is 1. The number of amides is 1. The zero-order valence-electron chi connectivity index (χ0n) is 13.9. The second kappa shape index (κ2) is 6.36. The predicted molar refractivity (Wildman–Crippen MR) is 98.3 cm³/mol. The minimum Gasteiger partial charge on any atom is -0.320 e. The summed E-state index contributed by atoms with van der Waals surface area (Å²) in [7, 11) is 0. The molecule has 124 valence electrons. The molecule has 1 amide bonds. The number of nitrogens with zero attached hydrogens (tertiary/aromatic N) is 3. The molecule has 0 radical (unpaired) electrons. The first-order chi connectivity index (χ1) is 12.2. The predicted octanol–water partition coefficient (Wildman–Crippen LogP) is 3.73. The van der Waals surface area contributed by atoms with E-state index in [9.17, 15) is 4.79 Å².